The Labute approximate surface area is 139 Å². The van der Waals surface area contributed by atoms with Crippen LogP contribution in [0.15, 0.2) is 66.3 Å². The minimum atomic E-state index is -0.0120. The van der Waals surface area contributed by atoms with E-state index in [9.17, 15) is 4.79 Å². The molecule has 0 N–H and O–H groups in total. The number of anilines is 1. The molecular formula is C18H16N2O2S. The van der Waals surface area contributed by atoms with Crippen LogP contribution in [-0.4, -0.2) is 18.0 Å². The third kappa shape index (κ3) is 3.57. The van der Waals surface area contributed by atoms with E-state index in [4.69, 9.17) is 4.74 Å². The Bertz CT molecular complexity index is 755. The number of amides is 1. The fraction of sp³-hybridized carbons (Fsp3) is 0.111. The van der Waals surface area contributed by atoms with Gasteiger partial charge in [0, 0.05) is 18.1 Å². The van der Waals surface area contributed by atoms with Crippen LogP contribution in [-0.2, 0) is 6.54 Å². The maximum atomic E-state index is 12.8. The number of nitrogens with zero attached hydrogens (tertiary/aromatic N) is 2. The quantitative estimate of drug-likeness (QED) is 0.712. The van der Waals surface area contributed by atoms with Gasteiger partial charge in [0.05, 0.1) is 18.5 Å². The van der Waals surface area contributed by atoms with Crippen molar-refractivity contribution >= 4 is 22.9 Å². The molecule has 23 heavy (non-hydrogen) atoms. The molecule has 0 radical (unpaired) electrons. The van der Waals surface area contributed by atoms with Crippen LogP contribution in [0.5, 0.6) is 5.75 Å². The lowest BCUT2D eigenvalue weighted by Gasteiger charge is -2.22. The van der Waals surface area contributed by atoms with Crippen molar-refractivity contribution in [2.75, 3.05) is 12.0 Å². The Kier molecular flexibility index (Phi) is 4.68. The molecular weight excluding hydrogens is 308 g/mol. The molecule has 3 aromatic rings. The number of aromatic nitrogens is 1. The van der Waals surface area contributed by atoms with E-state index in [1.165, 1.54) is 11.3 Å². The number of rotatable bonds is 5. The lowest BCUT2D eigenvalue weighted by molar-refractivity contribution is 0.0989. The predicted octanol–water partition coefficient (Wildman–Crippen LogP) is 4.00. The molecule has 0 spiro atoms. The van der Waals surface area contributed by atoms with Gasteiger partial charge in [0.25, 0.3) is 5.91 Å². The minimum absolute atomic E-state index is 0.0120. The summed E-state index contributed by atoms with van der Waals surface area (Å²) < 4.78 is 5.18. The third-order valence-electron chi connectivity index (χ3n) is 3.45. The van der Waals surface area contributed by atoms with Gasteiger partial charge in [-0.1, -0.05) is 18.2 Å². The number of hydrogen-bond donors (Lipinski definition) is 0. The predicted molar refractivity (Wildman–Crippen MR) is 92.1 cm³/mol. The number of pyridine rings is 1. The highest BCUT2D eigenvalue weighted by molar-refractivity contribution is 7.12. The van der Waals surface area contributed by atoms with Crippen molar-refractivity contribution in [3.8, 4) is 5.75 Å². The first-order chi connectivity index (χ1) is 11.3. The number of thiophene rings is 1. The van der Waals surface area contributed by atoms with E-state index >= 15 is 0 Å². The SMILES string of the molecule is COc1ccc(CN(C(=O)c2cccs2)c2ccncc2)cc1. The molecule has 2 heterocycles. The Morgan fingerprint density at radius 2 is 1.87 bits per heavy atom. The molecule has 0 aliphatic rings. The number of benzene rings is 1. The van der Waals surface area contributed by atoms with Crippen molar-refractivity contribution in [1.82, 2.24) is 4.98 Å². The van der Waals surface area contributed by atoms with Crippen LogP contribution >= 0.6 is 11.3 Å². The summed E-state index contributed by atoms with van der Waals surface area (Å²) in [6.07, 6.45) is 3.39. The molecule has 0 atom stereocenters. The van der Waals surface area contributed by atoms with Crippen molar-refractivity contribution < 1.29 is 9.53 Å². The van der Waals surface area contributed by atoms with Gasteiger partial charge in [0.15, 0.2) is 0 Å². The van der Waals surface area contributed by atoms with Gasteiger partial charge in [-0.05, 0) is 41.3 Å². The molecule has 2 aromatic heterocycles. The van der Waals surface area contributed by atoms with Gasteiger partial charge in [-0.2, -0.15) is 0 Å². The first-order valence-corrected chi connectivity index (χ1v) is 8.04. The molecule has 0 aliphatic heterocycles. The monoisotopic (exact) mass is 324 g/mol. The highest BCUT2D eigenvalue weighted by Gasteiger charge is 2.19. The Balaban J connectivity index is 1.90. The van der Waals surface area contributed by atoms with Crippen LogP contribution in [0.3, 0.4) is 0 Å². The maximum Gasteiger partial charge on any atom is 0.268 e. The molecule has 5 heteroatoms. The molecule has 0 saturated carbocycles. The first kappa shape index (κ1) is 15.2. The highest BCUT2D eigenvalue weighted by atomic mass is 32.1. The smallest absolute Gasteiger partial charge is 0.268 e. The van der Waals surface area contributed by atoms with E-state index in [0.29, 0.717) is 6.54 Å². The van der Waals surface area contributed by atoms with Crippen LogP contribution in [0.4, 0.5) is 5.69 Å². The second-order valence-corrected chi connectivity index (χ2v) is 5.87. The van der Waals surface area contributed by atoms with Crippen LogP contribution < -0.4 is 9.64 Å². The van der Waals surface area contributed by atoms with Gasteiger partial charge < -0.3 is 9.64 Å². The van der Waals surface area contributed by atoms with E-state index in [1.54, 1.807) is 24.4 Å². The second-order valence-electron chi connectivity index (χ2n) is 4.92. The third-order valence-corrected chi connectivity index (χ3v) is 4.31. The average Bonchev–Trinajstić information content (AvgIpc) is 3.15. The van der Waals surface area contributed by atoms with Crippen molar-refractivity contribution in [1.29, 1.82) is 0 Å². The second kappa shape index (κ2) is 7.07. The average molecular weight is 324 g/mol. The van der Waals surface area contributed by atoms with Gasteiger partial charge in [-0.15, -0.1) is 11.3 Å². The highest BCUT2D eigenvalue weighted by Crippen LogP contribution is 2.22. The zero-order valence-electron chi connectivity index (χ0n) is 12.7. The lowest BCUT2D eigenvalue weighted by Crippen LogP contribution is -2.29. The molecule has 116 valence electrons. The topological polar surface area (TPSA) is 42.4 Å². The standard InChI is InChI=1S/C18H16N2O2S/c1-22-16-6-4-14(5-7-16)13-20(15-8-10-19-11-9-15)18(21)17-3-2-12-23-17/h2-12H,13H2,1H3. The molecule has 0 aliphatic carbocycles. The zero-order valence-corrected chi connectivity index (χ0v) is 13.5. The molecule has 1 aromatic carbocycles. The summed E-state index contributed by atoms with van der Waals surface area (Å²) in [4.78, 5) is 19.3. The lowest BCUT2D eigenvalue weighted by atomic mass is 10.2. The number of hydrogen-bond acceptors (Lipinski definition) is 4. The van der Waals surface area contributed by atoms with Crippen molar-refractivity contribution in [3.63, 3.8) is 0 Å². The van der Waals surface area contributed by atoms with Gasteiger partial charge in [-0.25, -0.2) is 0 Å². The maximum absolute atomic E-state index is 12.8. The summed E-state index contributed by atoms with van der Waals surface area (Å²) in [5.74, 6) is 0.788. The van der Waals surface area contributed by atoms with E-state index in [1.807, 2.05) is 53.9 Å². The molecule has 1 amide bonds. The minimum Gasteiger partial charge on any atom is -0.497 e. The molecule has 3 rings (SSSR count). The molecule has 0 saturated heterocycles. The summed E-state index contributed by atoms with van der Waals surface area (Å²) in [6, 6.07) is 15.1. The van der Waals surface area contributed by atoms with Crippen LogP contribution in [0.25, 0.3) is 0 Å². The zero-order chi connectivity index (χ0) is 16.1. The summed E-state index contributed by atoms with van der Waals surface area (Å²) in [6.45, 7) is 0.491. The van der Waals surface area contributed by atoms with E-state index in [-0.39, 0.29) is 5.91 Å². The van der Waals surface area contributed by atoms with Gasteiger partial charge in [0.2, 0.25) is 0 Å². The first-order valence-electron chi connectivity index (χ1n) is 7.16. The van der Waals surface area contributed by atoms with E-state index < -0.39 is 0 Å². The summed E-state index contributed by atoms with van der Waals surface area (Å²) in [5, 5.41) is 1.91. The molecule has 0 fully saturated rings. The number of methoxy groups -OCH3 is 1. The number of carbonyl (C=O) groups is 1. The summed E-state index contributed by atoms with van der Waals surface area (Å²) in [7, 11) is 1.64. The van der Waals surface area contributed by atoms with Gasteiger partial charge in [-0.3, -0.25) is 9.78 Å². The molecule has 4 nitrogen and oxygen atoms in total. The fourth-order valence-corrected chi connectivity index (χ4v) is 2.92. The summed E-state index contributed by atoms with van der Waals surface area (Å²) in [5.41, 5.74) is 1.86. The normalized spacial score (nSPS) is 10.3. The summed E-state index contributed by atoms with van der Waals surface area (Å²) >= 11 is 1.44. The number of ether oxygens (including phenoxy) is 1. The van der Waals surface area contributed by atoms with Crippen molar-refractivity contribution in [3.05, 3.63) is 76.7 Å². The number of carbonyl (C=O) groups excluding carboxylic acids is 1. The van der Waals surface area contributed by atoms with Crippen molar-refractivity contribution in [2.45, 2.75) is 6.54 Å². The molecule has 0 unspecified atom stereocenters. The largest absolute Gasteiger partial charge is 0.497 e. The van der Waals surface area contributed by atoms with Gasteiger partial charge >= 0.3 is 0 Å². The van der Waals surface area contributed by atoms with Gasteiger partial charge in [0.1, 0.15) is 5.75 Å². The Hall–Kier alpha value is -2.66. The Morgan fingerprint density at radius 1 is 1.13 bits per heavy atom. The Morgan fingerprint density at radius 3 is 2.48 bits per heavy atom. The van der Waals surface area contributed by atoms with E-state index in [2.05, 4.69) is 4.98 Å². The van der Waals surface area contributed by atoms with Crippen LogP contribution in [0.2, 0.25) is 0 Å². The van der Waals surface area contributed by atoms with E-state index in [0.717, 1.165) is 21.9 Å². The van der Waals surface area contributed by atoms with Crippen LogP contribution in [0, 0.1) is 0 Å². The van der Waals surface area contributed by atoms with Crippen molar-refractivity contribution in [2.24, 2.45) is 0 Å². The van der Waals surface area contributed by atoms with Crippen LogP contribution in [0.1, 0.15) is 15.2 Å². The molecule has 0 bridgehead atoms. The fourth-order valence-electron chi connectivity index (χ4n) is 2.25.